The average molecular weight is 258 g/mol. The molecule has 108 valence electrons. The Morgan fingerprint density at radius 2 is 1.39 bits per heavy atom. The minimum Gasteiger partial charge on any atom is -0.480 e. The summed E-state index contributed by atoms with van der Waals surface area (Å²) in [5, 5.41) is 8.79. The number of rotatable bonds is 10. The summed E-state index contributed by atoms with van der Waals surface area (Å²) in [6.45, 7) is 11.7. The van der Waals surface area contributed by atoms with E-state index in [0.29, 0.717) is 18.3 Å². The van der Waals surface area contributed by atoms with Crippen molar-refractivity contribution in [1.82, 2.24) is 4.90 Å². The second kappa shape index (κ2) is 9.34. The lowest BCUT2D eigenvalue weighted by Gasteiger charge is -2.24. The zero-order valence-corrected chi connectivity index (χ0v) is 12.4. The van der Waals surface area contributed by atoms with Crippen LogP contribution in [0, 0.1) is 11.8 Å². The lowest BCUT2D eigenvalue weighted by atomic mass is 10.1. The molecule has 0 heterocycles. The van der Waals surface area contributed by atoms with Crippen molar-refractivity contribution in [1.29, 1.82) is 0 Å². The predicted molar refractivity (Wildman–Crippen MR) is 75.6 cm³/mol. The fourth-order valence-electron chi connectivity index (χ4n) is 1.66. The highest BCUT2D eigenvalue weighted by molar-refractivity contribution is 5.72. The minimum absolute atomic E-state index is 0.533. The average Bonchev–Trinajstić information content (AvgIpc) is 2.26. The number of carboxylic acids is 1. The van der Waals surface area contributed by atoms with Gasteiger partial charge in [-0.1, -0.05) is 27.7 Å². The van der Waals surface area contributed by atoms with Crippen LogP contribution in [0.1, 0.15) is 47.0 Å². The van der Waals surface area contributed by atoms with Gasteiger partial charge in [-0.25, -0.2) is 0 Å². The van der Waals surface area contributed by atoms with E-state index in [4.69, 9.17) is 10.8 Å². The summed E-state index contributed by atoms with van der Waals surface area (Å²) >= 11 is 0. The number of nitrogens with zero attached hydrogens (tertiary/aromatic N) is 1. The van der Waals surface area contributed by atoms with Crippen molar-refractivity contribution in [2.75, 3.05) is 19.6 Å². The molecule has 0 radical (unpaired) electrons. The van der Waals surface area contributed by atoms with Gasteiger partial charge in [-0.15, -0.1) is 0 Å². The Balaban J connectivity index is 4.06. The van der Waals surface area contributed by atoms with Crippen molar-refractivity contribution in [3.05, 3.63) is 0 Å². The van der Waals surface area contributed by atoms with Crippen molar-refractivity contribution in [2.45, 2.75) is 53.0 Å². The Morgan fingerprint density at radius 1 is 1.00 bits per heavy atom. The Morgan fingerprint density at radius 3 is 1.72 bits per heavy atom. The summed E-state index contributed by atoms with van der Waals surface area (Å²) in [4.78, 5) is 13.1. The first kappa shape index (κ1) is 17.4. The van der Waals surface area contributed by atoms with Gasteiger partial charge in [0.05, 0.1) is 0 Å². The molecule has 0 rings (SSSR count). The molecule has 4 heteroatoms. The molecule has 0 aromatic carbocycles. The lowest BCUT2D eigenvalue weighted by Crippen LogP contribution is -2.36. The third-order valence-corrected chi connectivity index (χ3v) is 3.12. The van der Waals surface area contributed by atoms with Crippen molar-refractivity contribution < 1.29 is 9.90 Å². The number of hydrogen-bond donors (Lipinski definition) is 2. The van der Waals surface area contributed by atoms with Gasteiger partial charge in [-0.3, -0.25) is 4.79 Å². The van der Waals surface area contributed by atoms with Gasteiger partial charge in [0.2, 0.25) is 0 Å². The summed E-state index contributed by atoms with van der Waals surface area (Å²) < 4.78 is 0. The number of aliphatic carboxylic acids is 1. The van der Waals surface area contributed by atoms with Gasteiger partial charge >= 0.3 is 5.97 Å². The number of hydrogen-bond acceptors (Lipinski definition) is 3. The molecule has 18 heavy (non-hydrogen) atoms. The van der Waals surface area contributed by atoms with Gasteiger partial charge in [-0.05, 0) is 44.2 Å². The number of nitrogens with two attached hydrogens (primary N) is 1. The topological polar surface area (TPSA) is 66.6 Å². The SMILES string of the molecule is CC(C)CCN(CCC(C)C)CCC(N)C(=O)O. The highest BCUT2D eigenvalue weighted by atomic mass is 16.4. The summed E-state index contributed by atoms with van der Waals surface area (Å²) in [5.41, 5.74) is 5.55. The van der Waals surface area contributed by atoms with Gasteiger partial charge in [0.1, 0.15) is 6.04 Å². The first-order valence-corrected chi connectivity index (χ1v) is 7.03. The third kappa shape index (κ3) is 9.42. The van der Waals surface area contributed by atoms with Crippen molar-refractivity contribution in [2.24, 2.45) is 17.6 Å². The molecule has 1 atom stereocenters. The van der Waals surface area contributed by atoms with Gasteiger partial charge in [0.15, 0.2) is 0 Å². The molecule has 0 amide bonds. The fraction of sp³-hybridized carbons (Fsp3) is 0.929. The summed E-state index contributed by atoms with van der Waals surface area (Å²) in [7, 11) is 0. The molecule has 0 fully saturated rings. The Kier molecular flexibility index (Phi) is 9.02. The molecule has 1 unspecified atom stereocenters. The van der Waals surface area contributed by atoms with Crippen LogP contribution in [0.4, 0.5) is 0 Å². The molecule has 0 aliphatic carbocycles. The third-order valence-electron chi connectivity index (χ3n) is 3.12. The predicted octanol–water partition coefficient (Wildman–Crippen LogP) is 2.18. The fourth-order valence-corrected chi connectivity index (χ4v) is 1.66. The molecule has 4 nitrogen and oxygen atoms in total. The van der Waals surface area contributed by atoms with Crippen LogP contribution in [0.3, 0.4) is 0 Å². The van der Waals surface area contributed by atoms with Crippen LogP contribution in [0.25, 0.3) is 0 Å². The van der Waals surface area contributed by atoms with E-state index in [9.17, 15) is 4.79 Å². The van der Waals surface area contributed by atoms with E-state index >= 15 is 0 Å². The molecule has 0 aliphatic rings. The van der Waals surface area contributed by atoms with Crippen molar-refractivity contribution in [3.8, 4) is 0 Å². The molecular weight excluding hydrogens is 228 g/mol. The standard InChI is InChI=1S/C14H30N2O2/c1-11(2)5-8-16(9-6-12(3)4)10-7-13(15)14(17)18/h11-13H,5-10,15H2,1-4H3,(H,17,18). The van der Waals surface area contributed by atoms with Crippen LogP contribution in [0.2, 0.25) is 0 Å². The van der Waals surface area contributed by atoms with Gasteiger partial charge in [0, 0.05) is 6.54 Å². The van der Waals surface area contributed by atoms with Gasteiger partial charge in [0.25, 0.3) is 0 Å². The lowest BCUT2D eigenvalue weighted by molar-refractivity contribution is -0.138. The molecule has 0 spiro atoms. The van der Waals surface area contributed by atoms with Crippen molar-refractivity contribution >= 4 is 5.97 Å². The van der Waals surface area contributed by atoms with E-state index in [1.807, 2.05) is 0 Å². The quantitative estimate of drug-likeness (QED) is 0.630. The van der Waals surface area contributed by atoms with E-state index < -0.39 is 12.0 Å². The summed E-state index contributed by atoms with van der Waals surface area (Å²) in [5.74, 6) is 0.460. The monoisotopic (exact) mass is 258 g/mol. The minimum atomic E-state index is -0.900. The van der Waals surface area contributed by atoms with Gasteiger partial charge < -0.3 is 15.7 Å². The molecule has 0 saturated carbocycles. The second-order valence-corrected chi connectivity index (χ2v) is 5.94. The van der Waals surface area contributed by atoms with E-state index in [0.717, 1.165) is 32.5 Å². The smallest absolute Gasteiger partial charge is 0.320 e. The highest BCUT2D eigenvalue weighted by Crippen LogP contribution is 2.07. The molecular formula is C14H30N2O2. The molecule has 0 bridgehead atoms. The highest BCUT2D eigenvalue weighted by Gasteiger charge is 2.14. The van der Waals surface area contributed by atoms with Crippen LogP contribution in [-0.2, 0) is 4.79 Å². The van der Waals surface area contributed by atoms with Crippen LogP contribution < -0.4 is 5.73 Å². The van der Waals surface area contributed by atoms with E-state index in [2.05, 4.69) is 32.6 Å². The number of carbonyl (C=O) groups is 1. The van der Waals surface area contributed by atoms with Crippen LogP contribution in [-0.4, -0.2) is 41.7 Å². The van der Waals surface area contributed by atoms with E-state index in [-0.39, 0.29) is 0 Å². The number of carboxylic acid groups (broad SMARTS) is 1. The van der Waals surface area contributed by atoms with Crippen LogP contribution >= 0.6 is 0 Å². The van der Waals surface area contributed by atoms with Crippen LogP contribution in [0.5, 0.6) is 0 Å². The summed E-state index contributed by atoms with van der Waals surface area (Å²) in [6, 6.07) is -0.731. The zero-order chi connectivity index (χ0) is 14.1. The molecule has 0 aromatic rings. The Bertz CT molecular complexity index is 218. The Hall–Kier alpha value is -0.610. The molecule has 0 aliphatic heterocycles. The van der Waals surface area contributed by atoms with Gasteiger partial charge in [-0.2, -0.15) is 0 Å². The maximum absolute atomic E-state index is 10.7. The maximum atomic E-state index is 10.7. The molecule has 3 N–H and O–H groups in total. The largest absolute Gasteiger partial charge is 0.480 e. The first-order chi connectivity index (χ1) is 8.32. The molecule has 0 aromatic heterocycles. The summed E-state index contributed by atoms with van der Waals surface area (Å²) in [6.07, 6.45) is 2.84. The van der Waals surface area contributed by atoms with Crippen LogP contribution in [0.15, 0.2) is 0 Å². The zero-order valence-electron chi connectivity index (χ0n) is 12.4. The second-order valence-electron chi connectivity index (χ2n) is 5.94. The van der Waals surface area contributed by atoms with Crippen molar-refractivity contribution in [3.63, 3.8) is 0 Å². The van der Waals surface area contributed by atoms with E-state index in [1.54, 1.807) is 0 Å². The van der Waals surface area contributed by atoms with E-state index in [1.165, 1.54) is 0 Å². The first-order valence-electron chi connectivity index (χ1n) is 7.03. The maximum Gasteiger partial charge on any atom is 0.320 e. The molecule has 0 saturated heterocycles. The Labute approximate surface area is 112 Å². The normalized spacial score (nSPS) is 13.6.